The Morgan fingerprint density at radius 2 is 1.89 bits per heavy atom. The van der Waals surface area contributed by atoms with Crippen LogP contribution in [-0.2, 0) is 13.6 Å². The molecule has 2 heterocycles. The summed E-state index contributed by atoms with van der Waals surface area (Å²) in [4.78, 5) is 12.4. The molecule has 3 aromatic rings. The average molecular weight is 383 g/mol. The molecule has 8 nitrogen and oxygen atoms in total. The van der Waals surface area contributed by atoms with E-state index < -0.39 is 0 Å². The number of anilines is 1. The second-order valence-corrected chi connectivity index (χ2v) is 6.32. The summed E-state index contributed by atoms with van der Waals surface area (Å²) in [5.74, 6) is 1.23. The van der Waals surface area contributed by atoms with Crippen molar-refractivity contribution in [2.45, 2.75) is 27.3 Å². The monoisotopic (exact) mass is 383 g/mol. The topological polar surface area (TPSA) is 83.2 Å². The van der Waals surface area contributed by atoms with Gasteiger partial charge in [-0.2, -0.15) is 10.2 Å². The Bertz CT molecular complexity index is 961. The Labute approximate surface area is 164 Å². The first-order chi connectivity index (χ1) is 13.5. The van der Waals surface area contributed by atoms with Crippen LogP contribution < -0.4 is 14.8 Å². The first-order valence-corrected chi connectivity index (χ1v) is 9.23. The van der Waals surface area contributed by atoms with Gasteiger partial charge in [0.2, 0.25) is 0 Å². The zero-order valence-electron chi connectivity index (χ0n) is 16.6. The lowest BCUT2D eigenvalue weighted by molar-refractivity contribution is 0.101. The Morgan fingerprint density at radius 3 is 2.57 bits per heavy atom. The number of nitrogens with one attached hydrogen (secondary N) is 1. The normalized spacial score (nSPS) is 10.7. The van der Waals surface area contributed by atoms with E-state index in [2.05, 4.69) is 15.5 Å². The number of ether oxygens (including phenoxy) is 2. The minimum absolute atomic E-state index is 0.220. The number of carbonyl (C=O) groups is 1. The molecule has 2 aromatic heterocycles. The zero-order chi connectivity index (χ0) is 20.1. The van der Waals surface area contributed by atoms with Crippen molar-refractivity contribution < 1.29 is 14.3 Å². The predicted molar refractivity (Wildman–Crippen MR) is 106 cm³/mol. The lowest BCUT2D eigenvalue weighted by Gasteiger charge is -2.12. The van der Waals surface area contributed by atoms with Crippen molar-refractivity contribution in [3.05, 3.63) is 53.6 Å². The van der Waals surface area contributed by atoms with Gasteiger partial charge < -0.3 is 14.8 Å². The highest BCUT2D eigenvalue weighted by Crippen LogP contribution is 2.29. The molecule has 8 heteroatoms. The Morgan fingerprint density at radius 1 is 1.14 bits per heavy atom. The lowest BCUT2D eigenvalue weighted by atomic mass is 10.2. The highest BCUT2D eigenvalue weighted by atomic mass is 16.5. The SMILES string of the molecule is CCOc1ccc(Cn2cc(NC(=O)c3cc(C)nn3C)cn2)cc1OCC. The van der Waals surface area contributed by atoms with Crippen molar-refractivity contribution >= 4 is 11.6 Å². The maximum atomic E-state index is 12.4. The van der Waals surface area contributed by atoms with Crippen LogP contribution in [0.2, 0.25) is 0 Å². The number of carbonyl (C=O) groups excluding carboxylic acids is 1. The molecule has 3 rings (SSSR count). The average Bonchev–Trinajstić information content (AvgIpc) is 3.23. The van der Waals surface area contributed by atoms with Crippen molar-refractivity contribution in [3.8, 4) is 11.5 Å². The Balaban J connectivity index is 1.69. The molecular weight excluding hydrogens is 358 g/mol. The van der Waals surface area contributed by atoms with Gasteiger partial charge in [0.25, 0.3) is 5.91 Å². The van der Waals surface area contributed by atoms with E-state index in [9.17, 15) is 4.79 Å². The second-order valence-electron chi connectivity index (χ2n) is 6.32. The molecule has 0 bridgehead atoms. The molecule has 0 aliphatic carbocycles. The van der Waals surface area contributed by atoms with Gasteiger partial charge >= 0.3 is 0 Å². The van der Waals surface area contributed by atoms with Gasteiger partial charge in [-0.05, 0) is 44.5 Å². The van der Waals surface area contributed by atoms with Gasteiger partial charge in [0.1, 0.15) is 5.69 Å². The van der Waals surface area contributed by atoms with E-state index in [1.807, 2.05) is 39.0 Å². The number of aryl methyl sites for hydroxylation is 2. The number of benzene rings is 1. The van der Waals surface area contributed by atoms with Gasteiger partial charge in [-0.25, -0.2) is 0 Å². The molecule has 0 saturated carbocycles. The fraction of sp³-hybridized carbons (Fsp3) is 0.350. The van der Waals surface area contributed by atoms with Crippen molar-refractivity contribution in [1.82, 2.24) is 19.6 Å². The van der Waals surface area contributed by atoms with E-state index in [0.717, 1.165) is 17.0 Å². The van der Waals surface area contributed by atoms with E-state index >= 15 is 0 Å². The van der Waals surface area contributed by atoms with E-state index in [1.165, 1.54) is 0 Å². The van der Waals surface area contributed by atoms with Crippen molar-refractivity contribution in [2.24, 2.45) is 7.05 Å². The minimum atomic E-state index is -0.220. The fourth-order valence-corrected chi connectivity index (χ4v) is 2.91. The lowest BCUT2D eigenvalue weighted by Crippen LogP contribution is -2.15. The number of nitrogens with zero attached hydrogens (tertiary/aromatic N) is 4. The summed E-state index contributed by atoms with van der Waals surface area (Å²) in [6, 6.07) is 7.58. The Hall–Kier alpha value is -3.29. The molecule has 0 spiro atoms. The number of hydrogen-bond donors (Lipinski definition) is 1. The molecule has 1 aromatic carbocycles. The van der Waals surface area contributed by atoms with Gasteiger partial charge in [-0.15, -0.1) is 0 Å². The van der Waals surface area contributed by atoms with Crippen LogP contribution in [-0.4, -0.2) is 38.7 Å². The molecule has 0 radical (unpaired) electrons. The van der Waals surface area contributed by atoms with Crippen LogP contribution in [0, 0.1) is 6.92 Å². The molecule has 0 saturated heterocycles. The summed E-state index contributed by atoms with van der Waals surface area (Å²) in [5.41, 5.74) is 2.94. The van der Waals surface area contributed by atoms with E-state index in [0.29, 0.717) is 36.9 Å². The molecule has 0 unspecified atom stereocenters. The van der Waals surface area contributed by atoms with Crippen LogP contribution >= 0.6 is 0 Å². The summed E-state index contributed by atoms with van der Waals surface area (Å²) in [7, 11) is 1.74. The molecule has 0 aliphatic rings. The largest absolute Gasteiger partial charge is 0.490 e. The van der Waals surface area contributed by atoms with Gasteiger partial charge in [0, 0.05) is 13.2 Å². The van der Waals surface area contributed by atoms with Gasteiger partial charge in [-0.1, -0.05) is 6.07 Å². The van der Waals surface area contributed by atoms with Crippen LogP contribution in [0.3, 0.4) is 0 Å². The van der Waals surface area contributed by atoms with Crippen molar-refractivity contribution in [2.75, 3.05) is 18.5 Å². The first kappa shape index (κ1) is 19.5. The molecule has 0 atom stereocenters. The van der Waals surface area contributed by atoms with Crippen LogP contribution in [0.5, 0.6) is 11.5 Å². The van der Waals surface area contributed by atoms with E-state index in [1.54, 1.807) is 34.9 Å². The standard InChI is InChI=1S/C20H25N5O3/c1-5-27-18-8-7-15(10-19(18)28-6-2)12-25-13-16(11-21-25)22-20(26)17-9-14(3)23-24(17)4/h7-11,13H,5-6,12H2,1-4H3,(H,22,26). The van der Waals surface area contributed by atoms with Gasteiger partial charge in [0.05, 0.1) is 37.3 Å². The van der Waals surface area contributed by atoms with Crippen LogP contribution in [0.15, 0.2) is 36.7 Å². The molecule has 0 fully saturated rings. The van der Waals surface area contributed by atoms with Crippen molar-refractivity contribution in [3.63, 3.8) is 0 Å². The molecule has 1 N–H and O–H groups in total. The number of hydrogen-bond acceptors (Lipinski definition) is 5. The highest BCUT2D eigenvalue weighted by molar-refractivity contribution is 6.02. The zero-order valence-corrected chi connectivity index (χ0v) is 16.6. The summed E-state index contributed by atoms with van der Waals surface area (Å²) >= 11 is 0. The quantitative estimate of drug-likeness (QED) is 0.646. The first-order valence-electron chi connectivity index (χ1n) is 9.23. The number of aromatic nitrogens is 4. The maximum absolute atomic E-state index is 12.4. The maximum Gasteiger partial charge on any atom is 0.274 e. The predicted octanol–water partition coefficient (Wildman–Crippen LogP) is 3.02. The van der Waals surface area contributed by atoms with Crippen LogP contribution in [0.4, 0.5) is 5.69 Å². The molecule has 148 valence electrons. The third-order valence-corrected chi connectivity index (χ3v) is 4.08. The fourth-order valence-electron chi connectivity index (χ4n) is 2.91. The van der Waals surface area contributed by atoms with E-state index in [4.69, 9.17) is 9.47 Å². The van der Waals surface area contributed by atoms with Crippen LogP contribution in [0.25, 0.3) is 0 Å². The van der Waals surface area contributed by atoms with Crippen LogP contribution in [0.1, 0.15) is 35.6 Å². The summed E-state index contributed by atoms with van der Waals surface area (Å²) in [5, 5.41) is 11.4. The molecular formula is C20H25N5O3. The number of amides is 1. The molecule has 28 heavy (non-hydrogen) atoms. The highest BCUT2D eigenvalue weighted by Gasteiger charge is 2.13. The van der Waals surface area contributed by atoms with Gasteiger partial charge in [0.15, 0.2) is 11.5 Å². The summed E-state index contributed by atoms with van der Waals surface area (Å²) < 4.78 is 14.6. The smallest absolute Gasteiger partial charge is 0.274 e. The van der Waals surface area contributed by atoms with Crippen molar-refractivity contribution in [1.29, 1.82) is 0 Å². The summed E-state index contributed by atoms with van der Waals surface area (Å²) in [6.07, 6.45) is 3.41. The molecule has 1 amide bonds. The Kier molecular flexibility index (Phi) is 5.98. The number of rotatable bonds is 8. The van der Waals surface area contributed by atoms with Gasteiger partial charge in [-0.3, -0.25) is 14.2 Å². The third-order valence-electron chi connectivity index (χ3n) is 4.08. The molecule has 0 aliphatic heterocycles. The summed E-state index contributed by atoms with van der Waals surface area (Å²) in [6.45, 7) is 7.42. The minimum Gasteiger partial charge on any atom is -0.490 e. The third kappa shape index (κ3) is 4.51. The van der Waals surface area contributed by atoms with E-state index in [-0.39, 0.29) is 5.91 Å². The second kappa shape index (κ2) is 8.60.